The molecule has 0 saturated carbocycles. The standard InChI is InChI=1S/C10H11Cl2NO3S/c11-8-3-5-9(6-4-8)17(15,16)13-7-1-2-10(12)14/h3-6,13H,1-2,7H2. The van der Waals surface area contributed by atoms with Crippen LogP contribution in [0.2, 0.25) is 5.02 Å². The molecule has 0 aromatic heterocycles. The number of carbonyl (C=O) groups excluding carboxylic acids is 1. The number of rotatable bonds is 6. The van der Waals surface area contributed by atoms with Crippen LogP contribution in [0, 0.1) is 0 Å². The van der Waals surface area contributed by atoms with E-state index in [0.29, 0.717) is 11.4 Å². The van der Waals surface area contributed by atoms with Crippen LogP contribution in [-0.4, -0.2) is 20.2 Å². The summed E-state index contributed by atoms with van der Waals surface area (Å²) < 4.78 is 25.8. The van der Waals surface area contributed by atoms with Gasteiger partial charge in [-0.15, -0.1) is 0 Å². The van der Waals surface area contributed by atoms with Crippen LogP contribution in [0.1, 0.15) is 12.8 Å². The minimum Gasteiger partial charge on any atom is -0.281 e. The number of benzene rings is 1. The molecule has 0 unspecified atom stereocenters. The second kappa shape index (κ2) is 6.35. The van der Waals surface area contributed by atoms with Crippen molar-refractivity contribution < 1.29 is 13.2 Å². The Morgan fingerprint density at radius 3 is 2.35 bits per heavy atom. The molecule has 7 heteroatoms. The smallest absolute Gasteiger partial charge is 0.240 e. The Hall–Kier alpha value is -0.620. The zero-order valence-corrected chi connectivity index (χ0v) is 11.1. The van der Waals surface area contributed by atoms with Gasteiger partial charge in [0.15, 0.2) is 0 Å². The quantitative estimate of drug-likeness (QED) is 0.646. The number of sulfonamides is 1. The molecule has 0 heterocycles. The highest BCUT2D eigenvalue weighted by atomic mass is 35.5. The summed E-state index contributed by atoms with van der Waals surface area (Å²) in [5, 5.41) is -0.00706. The van der Waals surface area contributed by atoms with Crippen molar-refractivity contribution in [2.24, 2.45) is 0 Å². The normalized spacial score (nSPS) is 11.4. The molecule has 94 valence electrons. The highest BCUT2D eigenvalue weighted by molar-refractivity contribution is 7.89. The van der Waals surface area contributed by atoms with Gasteiger partial charge in [-0.05, 0) is 42.3 Å². The van der Waals surface area contributed by atoms with Gasteiger partial charge in [0.2, 0.25) is 15.3 Å². The zero-order valence-electron chi connectivity index (χ0n) is 8.82. The fraction of sp³-hybridized carbons (Fsp3) is 0.300. The molecule has 0 saturated heterocycles. The predicted molar refractivity (Wildman–Crippen MR) is 66.7 cm³/mol. The Morgan fingerprint density at radius 1 is 1.24 bits per heavy atom. The SMILES string of the molecule is O=C(Cl)CCCNS(=O)(=O)c1ccc(Cl)cc1. The van der Waals surface area contributed by atoms with E-state index < -0.39 is 15.3 Å². The lowest BCUT2D eigenvalue weighted by atomic mass is 10.3. The van der Waals surface area contributed by atoms with Crippen molar-refractivity contribution in [3.63, 3.8) is 0 Å². The van der Waals surface area contributed by atoms with E-state index in [-0.39, 0.29) is 17.9 Å². The number of hydrogen-bond donors (Lipinski definition) is 1. The summed E-state index contributed by atoms with van der Waals surface area (Å²) in [6.07, 6.45) is 0.514. The molecular weight excluding hydrogens is 285 g/mol. The largest absolute Gasteiger partial charge is 0.281 e. The van der Waals surface area contributed by atoms with E-state index in [1.54, 1.807) is 0 Å². The van der Waals surface area contributed by atoms with Gasteiger partial charge in [-0.3, -0.25) is 4.79 Å². The minimum absolute atomic E-state index is 0.138. The number of hydrogen-bond acceptors (Lipinski definition) is 3. The van der Waals surface area contributed by atoms with Crippen LogP contribution in [-0.2, 0) is 14.8 Å². The van der Waals surface area contributed by atoms with Crippen molar-refractivity contribution in [3.05, 3.63) is 29.3 Å². The van der Waals surface area contributed by atoms with Crippen LogP contribution >= 0.6 is 23.2 Å². The summed E-state index contributed by atoms with van der Waals surface area (Å²) >= 11 is 10.8. The summed E-state index contributed by atoms with van der Waals surface area (Å²) in [7, 11) is -3.54. The van der Waals surface area contributed by atoms with Crippen LogP contribution in [0.5, 0.6) is 0 Å². The van der Waals surface area contributed by atoms with Gasteiger partial charge < -0.3 is 0 Å². The summed E-state index contributed by atoms with van der Waals surface area (Å²) in [6.45, 7) is 0.170. The topological polar surface area (TPSA) is 63.2 Å². The maximum absolute atomic E-state index is 11.7. The fourth-order valence-electron chi connectivity index (χ4n) is 1.13. The first-order chi connectivity index (χ1) is 7.92. The molecule has 1 N–H and O–H groups in total. The van der Waals surface area contributed by atoms with E-state index in [1.807, 2.05) is 0 Å². The third-order valence-corrected chi connectivity index (χ3v) is 3.88. The summed E-state index contributed by atoms with van der Waals surface area (Å²) in [6, 6.07) is 5.82. The lowest BCUT2D eigenvalue weighted by Gasteiger charge is -2.05. The molecule has 1 rings (SSSR count). The monoisotopic (exact) mass is 295 g/mol. The minimum atomic E-state index is -3.54. The van der Waals surface area contributed by atoms with Crippen molar-refractivity contribution in [2.75, 3.05) is 6.54 Å². The van der Waals surface area contributed by atoms with E-state index in [1.165, 1.54) is 24.3 Å². The molecule has 0 spiro atoms. The molecule has 0 bridgehead atoms. The van der Waals surface area contributed by atoms with Crippen molar-refractivity contribution in [2.45, 2.75) is 17.7 Å². The third kappa shape index (κ3) is 5.04. The van der Waals surface area contributed by atoms with E-state index in [2.05, 4.69) is 4.72 Å². The fourth-order valence-corrected chi connectivity index (χ4v) is 2.46. The molecule has 0 radical (unpaired) electrons. The second-order valence-electron chi connectivity index (χ2n) is 3.31. The van der Waals surface area contributed by atoms with Gasteiger partial charge in [0.05, 0.1) is 4.90 Å². The summed E-state index contributed by atoms with van der Waals surface area (Å²) in [4.78, 5) is 10.6. The number of halogens is 2. The molecule has 0 aliphatic carbocycles. The average molecular weight is 296 g/mol. The Bertz CT molecular complexity index is 485. The van der Waals surface area contributed by atoms with Crippen molar-refractivity contribution >= 4 is 38.5 Å². The van der Waals surface area contributed by atoms with Gasteiger partial charge in [0, 0.05) is 18.0 Å². The van der Waals surface area contributed by atoms with Crippen LogP contribution in [0.4, 0.5) is 0 Å². The average Bonchev–Trinajstić information content (AvgIpc) is 2.25. The van der Waals surface area contributed by atoms with Crippen molar-refractivity contribution in [1.82, 2.24) is 4.72 Å². The van der Waals surface area contributed by atoms with E-state index >= 15 is 0 Å². The molecule has 0 fully saturated rings. The Kier molecular flexibility index (Phi) is 5.39. The van der Waals surface area contributed by atoms with E-state index in [0.717, 1.165) is 0 Å². The summed E-state index contributed by atoms with van der Waals surface area (Å²) in [5.41, 5.74) is 0. The van der Waals surface area contributed by atoms with Gasteiger partial charge >= 0.3 is 0 Å². The third-order valence-electron chi connectivity index (χ3n) is 1.97. The highest BCUT2D eigenvalue weighted by Gasteiger charge is 2.12. The van der Waals surface area contributed by atoms with Crippen molar-refractivity contribution in [3.8, 4) is 0 Å². The van der Waals surface area contributed by atoms with Gasteiger partial charge in [-0.25, -0.2) is 13.1 Å². The predicted octanol–water partition coefficient (Wildman–Crippen LogP) is 2.16. The van der Waals surface area contributed by atoms with Gasteiger partial charge in [0.25, 0.3) is 0 Å². The lowest BCUT2D eigenvalue weighted by Crippen LogP contribution is -2.24. The van der Waals surface area contributed by atoms with Crippen LogP contribution in [0.25, 0.3) is 0 Å². The molecule has 0 aliphatic rings. The van der Waals surface area contributed by atoms with Gasteiger partial charge in [-0.2, -0.15) is 0 Å². The highest BCUT2D eigenvalue weighted by Crippen LogP contribution is 2.13. The summed E-state index contributed by atoms with van der Waals surface area (Å²) in [5.74, 6) is 0. The molecule has 4 nitrogen and oxygen atoms in total. The second-order valence-corrected chi connectivity index (χ2v) is 5.94. The van der Waals surface area contributed by atoms with Gasteiger partial charge in [0.1, 0.15) is 0 Å². The first kappa shape index (κ1) is 14.4. The van der Waals surface area contributed by atoms with Crippen LogP contribution in [0.15, 0.2) is 29.2 Å². The zero-order chi connectivity index (χ0) is 12.9. The van der Waals surface area contributed by atoms with E-state index in [4.69, 9.17) is 23.2 Å². The van der Waals surface area contributed by atoms with Crippen LogP contribution < -0.4 is 4.72 Å². The number of carbonyl (C=O) groups is 1. The van der Waals surface area contributed by atoms with Gasteiger partial charge in [-0.1, -0.05) is 11.6 Å². The maximum atomic E-state index is 11.7. The van der Waals surface area contributed by atoms with E-state index in [9.17, 15) is 13.2 Å². The van der Waals surface area contributed by atoms with Crippen molar-refractivity contribution in [1.29, 1.82) is 0 Å². The molecular formula is C10H11Cl2NO3S. The Morgan fingerprint density at radius 2 is 1.82 bits per heavy atom. The maximum Gasteiger partial charge on any atom is 0.240 e. The van der Waals surface area contributed by atoms with Crippen LogP contribution in [0.3, 0.4) is 0 Å². The molecule has 0 aliphatic heterocycles. The number of nitrogens with one attached hydrogen (secondary N) is 1. The Balaban J connectivity index is 2.57. The first-order valence-corrected chi connectivity index (χ1v) is 7.09. The molecule has 1 aromatic carbocycles. The Labute approximate surface area is 110 Å². The molecule has 0 amide bonds. The molecule has 1 aromatic rings. The molecule has 0 atom stereocenters. The molecule has 17 heavy (non-hydrogen) atoms. The lowest BCUT2D eigenvalue weighted by molar-refractivity contribution is -0.111. The first-order valence-electron chi connectivity index (χ1n) is 4.85.